The van der Waals surface area contributed by atoms with Gasteiger partial charge in [-0.1, -0.05) is 36.7 Å². The van der Waals surface area contributed by atoms with Gasteiger partial charge in [0.25, 0.3) is 0 Å². The van der Waals surface area contributed by atoms with Gasteiger partial charge in [0, 0.05) is 23.8 Å². The summed E-state index contributed by atoms with van der Waals surface area (Å²) in [5.41, 5.74) is 0.239. The second-order valence-electron chi connectivity index (χ2n) is 6.78. The Hall–Kier alpha value is -0.0500. The second kappa shape index (κ2) is 4.67. The molecule has 3 heteroatoms. The number of hydrogen-bond acceptors (Lipinski definition) is 1. The Morgan fingerprint density at radius 2 is 1.88 bits per heavy atom. The number of alkyl halides is 1. The van der Waals surface area contributed by atoms with E-state index >= 15 is 0 Å². The Labute approximate surface area is 108 Å². The molecule has 0 saturated carbocycles. The molecule has 16 heavy (non-hydrogen) atoms. The molecule has 1 unspecified atom stereocenters. The molecule has 94 valence electrons. The molecule has 1 fully saturated rings. The van der Waals surface area contributed by atoms with Gasteiger partial charge in [-0.3, -0.25) is 4.79 Å². The van der Waals surface area contributed by atoms with Crippen LogP contribution in [-0.4, -0.2) is 28.2 Å². The number of rotatable bonds is 3. The number of halogens is 1. The molecule has 1 heterocycles. The molecule has 1 rings (SSSR count). The van der Waals surface area contributed by atoms with Crippen LogP contribution in [0, 0.1) is 11.3 Å². The highest BCUT2D eigenvalue weighted by Crippen LogP contribution is 2.35. The first-order valence-corrected chi connectivity index (χ1v) is 7.14. The van der Waals surface area contributed by atoms with Crippen LogP contribution in [-0.2, 0) is 4.79 Å². The van der Waals surface area contributed by atoms with Crippen LogP contribution in [0.5, 0.6) is 0 Å². The van der Waals surface area contributed by atoms with E-state index in [1.165, 1.54) is 0 Å². The van der Waals surface area contributed by atoms with Gasteiger partial charge in [-0.05, 0) is 31.6 Å². The molecular formula is C13H24BrNO. The van der Waals surface area contributed by atoms with Crippen LogP contribution >= 0.6 is 15.9 Å². The Kier molecular flexibility index (Phi) is 4.09. The van der Waals surface area contributed by atoms with E-state index in [1.807, 2.05) is 0 Å². The molecule has 2 nitrogen and oxygen atoms in total. The number of carbonyl (C=O) groups is 1. The molecule has 1 saturated heterocycles. The molecule has 0 aliphatic carbocycles. The summed E-state index contributed by atoms with van der Waals surface area (Å²) >= 11 is 3.48. The van der Waals surface area contributed by atoms with E-state index in [9.17, 15) is 4.79 Å². The maximum absolute atomic E-state index is 12.0. The minimum Gasteiger partial charge on any atom is -0.337 e. The first kappa shape index (κ1) is 14.0. The minimum absolute atomic E-state index is 0.0216. The van der Waals surface area contributed by atoms with Crippen LogP contribution in [0.4, 0.5) is 0 Å². The highest BCUT2D eigenvalue weighted by molar-refractivity contribution is 9.09. The minimum atomic E-state index is -0.0216. The lowest BCUT2D eigenvalue weighted by Crippen LogP contribution is -2.47. The predicted octanol–water partition coefficient (Wildman–Crippen LogP) is 3.44. The largest absolute Gasteiger partial charge is 0.337 e. The first-order valence-electron chi connectivity index (χ1n) is 6.02. The van der Waals surface area contributed by atoms with E-state index in [-0.39, 0.29) is 11.0 Å². The molecule has 0 radical (unpaired) electrons. The van der Waals surface area contributed by atoms with Crippen molar-refractivity contribution >= 4 is 21.8 Å². The molecule has 0 spiro atoms. The smallest absolute Gasteiger partial charge is 0.223 e. The third kappa shape index (κ3) is 3.47. The van der Waals surface area contributed by atoms with E-state index in [0.29, 0.717) is 18.2 Å². The molecule has 1 amide bonds. The van der Waals surface area contributed by atoms with Crippen molar-refractivity contribution in [1.29, 1.82) is 0 Å². The van der Waals surface area contributed by atoms with Crippen molar-refractivity contribution in [3.8, 4) is 0 Å². The maximum atomic E-state index is 12.0. The van der Waals surface area contributed by atoms with Gasteiger partial charge in [0.2, 0.25) is 5.91 Å². The molecule has 0 aromatic rings. The second-order valence-corrected chi connectivity index (χ2v) is 7.43. The fourth-order valence-electron chi connectivity index (χ4n) is 2.86. The van der Waals surface area contributed by atoms with Crippen molar-refractivity contribution in [2.45, 2.75) is 53.0 Å². The molecule has 0 aromatic heterocycles. The Bertz CT molecular complexity index is 268. The zero-order valence-electron chi connectivity index (χ0n) is 11.1. The lowest BCUT2D eigenvalue weighted by Gasteiger charge is -2.40. The fourth-order valence-corrected chi connectivity index (χ4v) is 3.30. The van der Waals surface area contributed by atoms with Crippen molar-refractivity contribution in [2.24, 2.45) is 11.3 Å². The average Bonchev–Trinajstić information content (AvgIpc) is 2.43. The van der Waals surface area contributed by atoms with E-state index in [0.717, 1.165) is 18.3 Å². The molecule has 0 N–H and O–H groups in total. The standard InChI is InChI=1S/C13H24BrNO/c1-12(2,3)9-13(4,5)15-8-10(7-14)6-11(15)16/h10H,6-9H2,1-5H3. The monoisotopic (exact) mass is 289 g/mol. The Morgan fingerprint density at radius 3 is 2.25 bits per heavy atom. The van der Waals surface area contributed by atoms with E-state index in [2.05, 4.69) is 55.4 Å². The van der Waals surface area contributed by atoms with Crippen molar-refractivity contribution in [2.75, 3.05) is 11.9 Å². The lowest BCUT2D eigenvalue weighted by atomic mass is 9.81. The van der Waals surface area contributed by atoms with Gasteiger partial charge >= 0.3 is 0 Å². The average molecular weight is 290 g/mol. The van der Waals surface area contributed by atoms with Crippen LogP contribution in [0.2, 0.25) is 0 Å². The Morgan fingerprint density at radius 1 is 1.31 bits per heavy atom. The van der Waals surface area contributed by atoms with Gasteiger partial charge in [-0.15, -0.1) is 0 Å². The summed E-state index contributed by atoms with van der Waals surface area (Å²) in [6.45, 7) is 12.0. The van der Waals surface area contributed by atoms with Gasteiger partial charge in [0.15, 0.2) is 0 Å². The number of hydrogen-bond donors (Lipinski definition) is 0. The fraction of sp³-hybridized carbons (Fsp3) is 0.923. The summed E-state index contributed by atoms with van der Waals surface area (Å²) in [6.07, 6.45) is 1.75. The molecule has 1 aliphatic rings. The van der Waals surface area contributed by atoms with Gasteiger partial charge in [0.05, 0.1) is 0 Å². The molecule has 0 bridgehead atoms. The van der Waals surface area contributed by atoms with E-state index in [4.69, 9.17) is 0 Å². The summed E-state index contributed by atoms with van der Waals surface area (Å²) < 4.78 is 0. The van der Waals surface area contributed by atoms with Crippen molar-refractivity contribution in [3.63, 3.8) is 0 Å². The summed E-state index contributed by atoms with van der Waals surface area (Å²) in [5.74, 6) is 0.811. The zero-order chi connectivity index (χ0) is 12.6. The van der Waals surface area contributed by atoms with Crippen molar-refractivity contribution < 1.29 is 4.79 Å². The third-order valence-electron chi connectivity index (χ3n) is 3.12. The molecular weight excluding hydrogens is 266 g/mol. The topological polar surface area (TPSA) is 20.3 Å². The van der Waals surface area contributed by atoms with Crippen LogP contribution in [0.25, 0.3) is 0 Å². The zero-order valence-corrected chi connectivity index (χ0v) is 12.7. The maximum Gasteiger partial charge on any atom is 0.223 e. The van der Waals surface area contributed by atoms with E-state index in [1.54, 1.807) is 0 Å². The highest BCUT2D eigenvalue weighted by Gasteiger charge is 2.39. The number of likely N-dealkylation sites (tertiary alicyclic amines) is 1. The molecule has 1 aliphatic heterocycles. The number of nitrogens with zero attached hydrogens (tertiary/aromatic N) is 1. The van der Waals surface area contributed by atoms with Crippen molar-refractivity contribution in [1.82, 2.24) is 4.90 Å². The van der Waals surface area contributed by atoms with E-state index < -0.39 is 0 Å². The van der Waals surface area contributed by atoms with Gasteiger partial charge < -0.3 is 4.90 Å². The number of carbonyl (C=O) groups excluding carboxylic acids is 1. The normalized spacial score (nSPS) is 23.0. The van der Waals surface area contributed by atoms with Gasteiger partial charge in [-0.25, -0.2) is 0 Å². The summed E-state index contributed by atoms with van der Waals surface area (Å²) in [7, 11) is 0. The quantitative estimate of drug-likeness (QED) is 0.729. The molecule has 0 aromatic carbocycles. The Balaban J connectivity index is 2.73. The summed E-state index contributed by atoms with van der Waals surface area (Å²) in [5, 5.41) is 0.931. The van der Waals surface area contributed by atoms with Crippen LogP contribution in [0.3, 0.4) is 0 Å². The van der Waals surface area contributed by atoms with Crippen LogP contribution in [0.1, 0.15) is 47.5 Å². The third-order valence-corrected chi connectivity index (χ3v) is 4.03. The van der Waals surface area contributed by atoms with Crippen LogP contribution in [0.15, 0.2) is 0 Å². The first-order chi connectivity index (χ1) is 7.15. The molecule has 1 atom stereocenters. The summed E-state index contributed by atoms with van der Waals surface area (Å²) in [6, 6.07) is 0. The predicted molar refractivity (Wildman–Crippen MR) is 71.8 cm³/mol. The van der Waals surface area contributed by atoms with Gasteiger partial charge in [0.1, 0.15) is 0 Å². The van der Waals surface area contributed by atoms with Gasteiger partial charge in [-0.2, -0.15) is 0 Å². The van der Waals surface area contributed by atoms with Crippen molar-refractivity contribution in [3.05, 3.63) is 0 Å². The number of amides is 1. The van der Waals surface area contributed by atoms with Crippen LogP contribution < -0.4 is 0 Å². The lowest BCUT2D eigenvalue weighted by molar-refractivity contribution is -0.133. The SMILES string of the molecule is CC(C)(C)CC(C)(C)N1CC(CBr)CC1=O. The highest BCUT2D eigenvalue weighted by atomic mass is 79.9. The summed E-state index contributed by atoms with van der Waals surface area (Å²) in [4.78, 5) is 14.1.